The van der Waals surface area contributed by atoms with E-state index in [1.807, 2.05) is 51.1 Å². The molecule has 30 heavy (non-hydrogen) atoms. The Kier molecular flexibility index (Phi) is 28.8. The van der Waals surface area contributed by atoms with Gasteiger partial charge in [-0.15, -0.1) is 0 Å². The van der Waals surface area contributed by atoms with E-state index in [1.54, 1.807) is 0 Å². The molecule has 0 radical (unpaired) electrons. The van der Waals surface area contributed by atoms with Crippen LogP contribution >= 0.6 is 0 Å². The molecule has 0 amide bonds. The molecule has 1 N–H and O–H groups in total. The van der Waals surface area contributed by atoms with Gasteiger partial charge in [0, 0.05) is 32.8 Å². The standard InChI is InChI=1S/C13H29NO4.C9H12O.C2H6/c1-3-9-17-11-6-14(5-10-16-4-2)7-12-18-13-8-15;1-2-8-10-9-6-4-3-5-7-9;1-2/h15H,3-13H2,1-2H3;3-7H,2,8H2,1H3;1-2H3. The third kappa shape index (κ3) is 23.1. The van der Waals surface area contributed by atoms with E-state index in [9.17, 15) is 0 Å². The summed E-state index contributed by atoms with van der Waals surface area (Å²) in [7, 11) is 0. The van der Waals surface area contributed by atoms with Crippen molar-refractivity contribution in [2.45, 2.75) is 47.5 Å². The normalized spacial score (nSPS) is 10.1. The number of nitrogens with zero attached hydrogens (tertiary/aromatic N) is 1. The summed E-state index contributed by atoms with van der Waals surface area (Å²) in [5.74, 6) is 0.962. The summed E-state index contributed by atoms with van der Waals surface area (Å²) in [6.07, 6.45) is 2.12. The number of para-hydroxylation sites is 1. The fourth-order valence-electron chi connectivity index (χ4n) is 2.21. The van der Waals surface area contributed by atoms with Crippen LogP contribution in [0, 0.1) is 0 Å². The summed E-state index contributed by atoms with van der Waals surface area (Å²) >= 11 is 0. The van der Waals surface area contributed by atoms with Crippen LogP contribution in [0.5, 0.6) is 5.75 Å². The lowest BCUT2D eigenvalue weighted by molar-refractivity contribution is 0.0457. The Morgan fingerprint density at radius 1 is 0.700 bits per heavy atom. The smallest absolute Gasteiger partial charge is 0.119 e. The van der Waals surface area contributed by atoms with E-state index in [1.165, 1.54) is 0 Å². The maximum absolute atomic E-state index is 8.63. The van der Waals surface area contributed by atoms with E-state index in [4.69, 9.17) is 24.1 Å². The van der Waals surface area contributed by atoms with Gasteiger partial charge in [0.1, 0.15) is 5.75 Å². The van der Waals surface area contributed by atoms with E-state index >= 15 is 0 Å². The van der Waals surface area contributed by atoms with Crippen LogP contribution in [0.1, 0.15) is 47.5 Å². The topological polar surface area (TPSA) is 60.4 Å². The predicted octanol–water partition coefficient (Wildman–Crippen LogP) is 4.26. The third-order valence-electron chi connectivity index (χ3n) is 3.66. The van der Waals surface area contributed by atoms with Gasteiger partial charge in [-0.3, -0.25) is 4.90 Å². The van der Waals surface area contributed by atoms with Crippen LogP contribution in [0.4, 0.5) is 0 Å². The van der Waals surface area contributed by atoms with E-state index < -0.39 is 0 Å². The average Bonchev–Trinajstić information content (AvgIpc) is 2.80. The molecule has 0 aliphatic rings. The molecule has 6 nitrogen and oxygen atoms in total. The highest BCUT2D eigenvalue weighted by Gasteiger charge is 2.04. The number of aliphatic hydroxyl groups is 1. The SMILES string of the molecule is CC.CCCOCCN(CCOCC)CCOCCO.CCCOc1ccccc1. The first-order valence-corrected chi connectivity index (χ1v) is 11.5. The lowest BCUT2D eigenvalue weighted by Crippen LogP contribution is -2.34. The zero-order chi connectivity index (χ0) is 22.7. The van der Waals surface area contributed by atoms with Gasteiger partial charge in [-0.05, 0) is 31.9 Å². The van der Waals surface area contributed by atoms with Crippen molar-refractivity contribution in [2.75, 3.05) is 72.5 Å². The summed E-state index contributed by atoms with van der Waals surface area (Å²) in [6.45, 7) is 17.8. The molecule has 0 aromatic heterocycles. The maximum atomic E-state index is 8.63. The molecule has 1 rings (SSSR count). The lowest BCUT2D eigenvalue weighted by atomic mass is 10.3. The molecule has 0 atom stereocenters. The molecule has 1 aromatic carbocycles. The predicted molar refractivity (Wildman–Crippen MR) is 126 cm³/mol. The van der Waals surface area contributed by atoms with Crippen molar-refractivity contribution in [3.05, 3.63) is 30.3 Å². The van der Waals surface area contributed by atoms with Crippen LogP contribution in [0.15, 0.2) is 30.3 Å². The Morgan fingerprint density at radius 2 is 1.23 bits per heavy atom. The molecule has 0 bridgehead atoms. The van der Waals surface area contributed by atoms with Gasteiger partial charge in [0.25, 0.3) is 0 Å². The van der Waals surface area contributed by atoms with Crippen LogP contribution in [0.2, 0.25) is 0 Å². The summed E-state index contributed by atoms with van der Waals surface area (Å²) in [5.41, 5.74) is 0. The molecule has 0 spiro atoms. The molecule has 6 heteroatoms. The third-order valence-corrected chi connectivity index (χ3v) is 3.66. The van der Waals surface area contributed by atoms with Crippen LogP contribution < -0.4 is 4.74 Å². The van der Waals surface area contributed by atoms with Crippen LogP contribution in [0.25, 0.3) is 0 Å². The van der Waals surface area contributed by atoms with Gasteiger partial charge in [0.15, 0.2) is 0 Å². The quantitative estimate of drug-likeness (QED) is 0.373. The second-order valence-electron chi connectivity index (χ2n) is 6.15. The maximum Gasteiger partial charge on any atom is 0.119 e. The molecule has 0 heterocycles. The van der Waals surface area contributed by atoms with Crippen molar-refractivity contribution in [1.82, 2.24) is 4.90 Å². The molecule has 1 aromatic rings. The monoisotopic (exact) mass is 429 g/mol. The molecule has 0 saturated carbocycles. The number of benzene rings is 1. The molecule has 0 aliphatic carbocycles. The first-order valence-electron chi connectivity index (χ1n) is 11.5. The van der Waals surface area contributed by atoms with Gasteiger partial charge in [-0.2, -0.15) is 0 Å². The second kappa shape index (κ2) is 27.8. The first kappa shape index (κ1) is 31.0. The van der Waals surface area contributed by atoms with Gasteiger partial charge in [-0.1, -0.05) is 45.9 Å². The van der Waals surface area contributed by atoms with Crippen molar-refractivity contribution in [1.29, 1.82) is 0 Å². The van der Waals surface area contributed by atoms with E-state index in [2.05, 4.69) is 18.7 Å². The zero-order valence-electron chi connectivity index (χ0n) is 20.1. The summed E-state index contributed by atoms with van der Waals surface area (Å²) < 4.78 is 21.5. The Balaban J connectivity index is 0. The lowest BCUT2D eigenvalue weighted by Gasteiger charge is -2.22. The molecule has 0 saturated heterocycles. The van der Waals surface area contributed by atoms with Crippen molar-refractivity contribution in [3.63, 3.8) is 0 Å². The van der Waals surface area contributed by atoms with Crippen molar-refractivity contribution >= 4 is 0 Å². The van der Waals surface area contributed by atoms with Gasteiger partial charge in [0.05, 0.1) is 39.6 Å². The van der Waals surface area contributed by atoms with E-state index in [0.29, 0.717) is 13.2 Å². The Hall–Kier alpha value is -1.18. The van der Waals surface area contributed by atoms with E-state index in [0.717, 1.165) is 71.3 Å². The Morgan fingerprint density at radius 3 is 1.73 bits per heavy atom. The molecule has 0 aliphatic heterocycles. The minimum atomic E-state index is 0.0819. The fourth-order valence-corrected chi connectivity index (χ4v) is 2.21. The highest BCUT2D eigenvalue weighted by molar-refractivity contribution is 5.20. The van der Waals surface area contributed by atoms with Gasteiger partial charge in [-0.25, -0.2) is 0 Å². The largest absolute Gasteiger partial charge is 0.494 e. The minimum absolute atomic E-state index is 0.0819. The van der Waals surface area contributed by atoms with Crippen molar-refractivity contribution in [3.8, 4) is 5.75 Å². The average molecular weight is 430 g/mol. The second-order valence-corrected chi connectivity index (χ2v) is 6.15. The first-order chi connectivity index (χ1) is 14.8. The van der Waals surface area contributed by atoms with Crippen molar-refractivity contribution < 1.29 is 24.1 Å². The Bertz CT molecular complexity index is 394. The van der Waals surface area contributed by atoms with Gasteiger partial charge < -0.3 is 24.1 Å². The molecule has 0 fully saturated rings. The number of hydrogen-bond acceptors (Lipinski definition) is 6. The highest BCUT2D eigenvalue weighted by atomic mass is 16.5. The number of hydrogen-bond donors (Lipinski definition) is 1. The van der Waals surface area contributed by atoms with Gasteiger partial charge >= 0.3 is 0 Å². The number of rotatable bonds is 17. The Labute approximate surface area is 185 Å². The fraction of sp³-hybridized carbons (Fsp3) is 0.750. The number of ether oxygens (including phenoxy) is 4. The van der Waals surface area contributed by atoms with Crippen molar-refractivity contribution in [2.24, 2.45) is 0 Å². The zero-order valence-corrected chi connectivity index (χ0v) is 20.1. The highest BCUT2D eigenvalue weighted by Crippen LogP contribution is 2.07. The van der Waals surface area contributed by atoms with Gasteiger partial charge in [0.2, 0.25) is 0 Å². The van der Waals surface area contributed by atoms with Crippen LogP contribution in [0.3, 0.4) is 0 Å². The minimum Gasteiger partial charge on any atom is -0.494 e. The molecule has 178 valence electrons. The number of aliphatic hydroxyl groups excluding tert-OH is 1. The summed E-state index contributed by atoms with van der Waals surface area (Å²) in [6, 6.07) is 9.88. The molecular formula is C24H47NO5. The summed E-state index contributed by atoms with van der Waals surface area (Å²) in [5, 5.41) is 8.63. The summed E-state index contributed by atoms with van der Waals surface area (Å²) in [4.78, 5) is 2.27. The van der Waals surface area contributed by atoms with E-state index in [-0.39, 0.29) is 6.61 Å². The van der Waals surface area contributed by atoms with Crippen LogP contribution in [-0.2, 0) is 14.2 Å². The van der Waals surface area contributed by atoms with Crippen LogP contribution in [-0.4, -0.2) is 82.5 Å². The molecular weight excluding hydrogens is 382 g/mol. The molecule has 0 unspecified atom stereocenters.